The zero-order valence-corrected chi connectivity index (χ0v) is 9.39. The van der Waals surface area contributed by atoms with Gasteiger partial charge in [-0.2, -0.15) is 0 Å². The quantitative estimate of drug-likeness (QED) is 0.745. The number of carboxylic acids is 1. The van der Waals surface area contributed by atoms with E-state index in [9.17, 15) is 9.59 Å². The van der Waals surface area contributed by atoms with Crippen LogP contribution in [0.3, 0.4) is 0 Å². The number of likely N-dealkylation sites (tertiary alicyclic amines) is 1. The van der Waals surface area contributed by atoms with Crippen LogP contribution in [0.1, 0.15) is 26.2 Å². The van der Waals surface area contributed by atoms with Gasteiger partial charge in [0.1, 0.15) is 12.1 Å². The molecule has 2 fully saturated rings. The molecule has 0 aliphatic carbocycles. The molecular weight excluding hydrogens is 210 g/mol. The third-order valence-corrected chi connectivity index (χ3v) is 3.45. The maximum absolute atomic E-state index is 12.1. The Morgan fingerprint density at radius 3 is 2.69 bits per heavy atom. The SMILES string of the molecule is CC1CCOC1C(=O)N1CCC[C@H]1C(=O)O. The molecule has 0 aromatic carbocycles. The van der Waals surface area contributed by atoms with Crippen LogP contribution in [0.25, 0.3) is 0 Å². The summed E-state index contributed by atoms with van der Waals surface area (Å²) in [5, 5.41) is 9.01. The van der Waals surface area contributed by atoms with Gasteiger partial charge >= 0.3 is 5.97 Å². The van der Waals surface area contributed by atoms with Crippen molar-refractivity contribution in [1.82, 2.24) is 4.90 Å². The van der Waals surface area contributed by atoms with Gasteiger partial charge in [-0.1, -0.05) is 6.92 Å². The molecule has 1 N–H and O–H groups in total. The molecule has 5 nitrogen and oxygen atoms in total. The predicted octanol–water partition coefficient (Wildman–Crippen LogP) is 0.487. The molecule has 90 valence electrons. The van der Waals surface area contributed by atoms with Crippen LogP contribution in [0.4, 0.5) is 0 Å². The highest BCUT2D eigenvalue weighted by atomic mass is 16.5. The normalized spacial score (nSPS) is 34.3. The lowest BCUT2D eigenvalue weighted by molar-refractivity contribution is -0.153. The molecule has 0 aromatic heterocycles. The minimum absolute atomic E-state index is 0.144. The van der Waals surface area contributed by atoms with Crippen molar-refractivity contribution in [3.63, 3.8) is 0 Å². The predicted molar refractivity (Wildman–Crippen MR) is 55.9 cm³/mol. The number of hydrogen-bond donors (Lipinski definition) is 1. The van der Waals surface area contributed by atoms with Crippen molar-refractivity contribution in [3.8, 4) is 0 Å². The Kier molecular flexibility index (Phi) is 3.14. The van der Waals surface area contributed by atoms with E-state index in [1.165, 1.54) is 4.90 Å². The molecule has 0 saturated carbocycles. The maximum atomic E-state index is 12.1. The molecule has 5 heteroatoms. The second-order valence-corrected chi connectivity index (χ2v) is 4.59. The van der Waals surface area contributed by atoms with Crippen LogP contribution in [0.2, 0.25) is 0 Å². The summed E-state index contributed by atoms with van der Waals surface area (Å²) in [5.74, 6) is -0.853. The van der Waals surface area contributed by atoms with Crippen LogP contribution in [-0.2, 0) is 14.3 Å². The molecular formula is C11H17NO4. The van der Waals surface area contributed by atoms with Gasteiger partial charge in [0.05, 0.1) is 0 Å². The standard InChI is InChI=1S/C11H17NO4/c1-7-4-6-16-9(7)10(13)12-5-2-3-8(12)11(14)15/h7-9H,2-6H2,1H3,(H,14,15)/t7?,8-,9?/m0/s1. The second kappa shape index (κ2) is 4.41. The van der Waals surface area contributed by atoms with Crippen LogP contribution in [0.5, 0.6) is 0 Å². The lowest BCUT2D eigenvalue weighted by Gasteiger charge is -2.25. The fourth-order valence-electron chi connectivity index (χ4n) is 2.46. The Labute approximate surface area is 94.4 Å². The number of aliphatic carboxylic acids is 1. The summed E-state index contributed by atoms with van der Waals surface area (Å²) in [4.78, 5) is 24.6. The van der Waals surface area contributed by atoms with Crippen molar-refractivity contribution in [3.05, 3.63) is 0 Å². The minimum atomic E-state index is -0.906. The van der Waals surface area contributed by atoms with Crippen molar-refractivity contribution in [2.24, 2.45) is 5.92 Å². The van der Waals surface area contributed by atoms with Crippen molar-refractivity contribution >= 4 is 11.9 Å². The first-order valence-electron chi connectivity index (χ1n) is 5.76. The van der Waals surface area contributed by atoms with E-state index in [2.05, 4.69) is 0 Å². The third kappa shape index (κ3) is 1.91. The smallest absolute Gasteiger partial charge is 0.326 e. The lowest BCUT2D eigenvalue weighted by atomic mass is 10.0. The summed E-state index contributed by atoms with van der Waals surface area (Å²) in [7, 11) is 0. The third-order valence-electron chi connectivity index (χ3n) is 3.45. The first-order chi connectivity index (χ1) is 7.61. The van der Waals surface area contributed by atoms with E-state index in [-0.39, 0.29) is 11.8 Å². The van der Waals surface area contributed by atoms with Crippen molar-refractivity contribution in [1.29, 1.82) is 0 Å². The zero-order chi connectivity index (χ0) is 11.7. The molecule has 2 rings (SSSR count). The van der Waals surface area contributed by atoms with Crippen molar-refractivity contribution in [2.45, 2.75) is 38.3 Å². The topological polar surface area (TPSA) is 66.8 Å². The van der Waals surface area contributed by atoms with Crippen molar-refractivity contribution < 1.29 is 19.4 Å². The molecule has 2 aliphatic heterocycles. The first-order valence-corrected chi connectivity index (χ1v) is 5.76. The Morgan fingerprint density at radius 2 is 2.12 bits per heavy atom. The van der Waals surface area contributed by atoms with Gasteiger partial charge in [-0.15, -0.1) is 0 Å². The van der Waals surface area contributed by atoms with Crippen LogP contribution >= 0.6 is 0 Å². The number of carbonyl (C=O) groups is 2. The molecule has 0 spiro atoms. The van der Waals surface area contributed by atoms with E-state index in [0.29, 0.717) is 19.6 Å². The van der Waals surface area contributed by atoms with Gasteiger partial charge < -0.3 is 14.7 Å². The Bertz CT molecular complexity index is 304. The highest BCUT2D eigenvalue weighted by Crippen LogP contribution is 2.26. The number of nitrogens with zero attached hydrogens (tertiary/aromatic N) is 1. The van der Waals surface area contributed by atoms with Crippen LogP contribution < -0.4 is 0 Å². The molecule has 0 aromatic rings. The van der Waals surface area contributed by atoms with Crippen LogP contribution in [0, 0.1) is 5.92 Å². The molecule has 0 bridgehead atoms. The van der Waals surface area contributed by atoms with Gasteiger partial charge in [-0.3, -0.25) is 4.79 Å². The Balaban J connectivity index is 2.06. The summed E-state index contributed by atoms with van der Waals surface area (Å²) < 4.78 is 5.38. The molecule has 1 amide bonds. The summed E-state index contributed by atoms with van der Waals surface area (Å²) in [5.41, 5.74) is 0. The molecule has 2 heterocycles. The summed E-state index contributed by atoms with van der Waals surface area (Å²) in [6.07, 6.45) is 1.77. The van der Waals surface area contributed by atoms with E-state index in [0.717, 1.165) is 12.8 Å². The second-order valence-electron chi connectivity index (χ2n) is 4.59. The fraction of sp³-hybridized carbons (Fsp3) is 0.818. The maximum Gasteiger partial charge on any atom is 0.326 e. The van der Waals surface area contributed by atoms with Crippen molar-refractivity contribution in [2.75, 3.05) is 13.2 Å². The number of carboxylic acid groups (broad SMARTS) is 1. The Hall–Kier alpha value is -1.10. The number of ether oxygens (including phenoxy) is 1. The van der Waals surface area contributed by atoms with E-state index in [1.54, 1.807) is 0 Å². The number of hydrogen-bond acceptors (Lipinski definition) is 3. The molecule has 2 saturated heterocycles. The summed E-state index contributed by atoms with van der Waals surface area (Å²) >= 11 is 0. The highest BCUT2D eigenvalue weighted by molar-refractivity contribution is 5.87. The lowest BCUT2D eigenvalue weighted by Crippen LogP contribution is -2.46. The number of rotatable bonds is 2. The minimum Gasteiger partial charge on any atom is -0.480 e. The summed E-state index contributed by atoms with van der Waals surface area (Å²) in [6, 6.07) is -0.649. The average Bonchev–Trinajstić information content (AvgIpc) is 2.84. The van der Waals surface area contributed by atoms with E-state index in [1.807, 2.05) is 6.92 Å². The zero-order valence-electron chi connectivity index (χ0n) is 9.39. The fourth-order valence-corrected chi connectivity index (χ4v) is 2.46. The van der Waals surface area contributed by atoms with Crippen LogP contribution in [-0.4, -0.2) is 47.2 Å². The molecule has 0 radical (unpaired) electrons. The van der Waals surface area contributed by atoms with Crippen LogP contribution in [0.15, 0.2) is 0 Å². The van der Waals surface area contributed by atoms with E-state index in [4.69, 9.17) is 9.84 Å². The number of amides is 1. The first kappa shape index (κ1) is 11.4. The van der Waals surface area contributed by atoms with E-state index >= 15 is 0 Å². The average molecular weight is 227 g/mol. The van der Waals surface area contributed by atoms with Gasteiger partial charge in [-0.05, 0) is 25.2 Å². The van der Waals surface area contributed by atoms with Gasteiger partial charge in [0.25, 0.3) is 5.91 Å². The van der Waals surface area contributed by atoms with Gasteiger partial charge in [0, 0.05) is 13.2 Å². The monoisotopic (exact) mass is 227 g/mol. The largest absolute Gasteiger partial charge is 0.480 e. The van der Waals surface area contributed by atoms with Gasteiger partial charge in [0.2, 0.25) is 0 Å². The highest BCUT2D eigenvalue weighted by Gasteiger charge is 2.40. The number of carbonyl (C=O) groups excluding carboxylic acids is 1. The van der Waals surface area contributed by atoms with Gasteiger partial charge in [-0.25, -0.2) is 4.79 Å². The molecule has 2 unspecified atom stereocenters. The van der Waals surface area contributed by atoms with Gasteiger partial charge in [0.15, 0.2) is 0 Å². The van der Waals surface area contributed by atoms with E-state index < -0.39 is 18.1 Å². The summed E-state index contributed by atoms with van der Waals surface area (Å²) in [6.45, 7) is 3.12. The molecule has 3 atom stereocenters. The molecule has 2 aliphatic rings. The Morgan fingerprint density at radius 1 is 1.38 bits per heavy atom. The molecule has 16 heavy (non-hydrogen) atoms.